The van der Waals surface area contributed by atoms with Gasteiger partial charge in [-0.05, 0) is 18.6 Å². The number of hydrogen-bond donors (Lipinski definition) is 0. The molecule has 0 aliphatic carbocycles. The summed E-state index contributed by atoms with van der Waals surface area (Å²) >= 11 is 1.66. The molecule has 1 amide bonds. The van der Waals surface area contributed by atoms with E-state index in [0.29, 0.717) is 6.54 Å². The summed E-state index contributed by atoms with van der Waals surface area (Å²) in [5, 5.41) is 3.09. The summed E-state index contributed by atoms with van der Waals surface area (Å²) in [6.07, 6.45) is 6.38. The number of aromatic nitrogens is 2. The van der Waals surface area contributed by atoms with E-state index in [-0.39, 0.29) is 17.2 Å². The summed E-state index contributed by atoms with van der Waals surface area (Å²) in [5.41, 5.74) is 0.696. The van der Waals surface area contributed by atoms with E-state index < -0.39 is 0 Å². The topological polar surface area (TPSA) is 49.3 Å². The molecule has 2 aromatic rings. The third kappa shape index (κ3) is 2.89. The first kappa shape index (κ1) is 16.4. The van der Waals surface area contributed by atoms with Crippen molar-refractivity contribution in [3.05, 3.63) is 59.3 Å². The molecule has 0 bridgehead atoms. The van der Waals surface area contributed by atoms with Gasteiger partial charge in [0.1, 0.15) is 0 Å². The Morgan fingerprint density at radius 3 is 3.00 bits per heavy atom. The number of thiazole rings is 1. The average molecular weight is 354 g/mol. The molecule has 6 heteroatoms. The largest absolute Gasteiger partial charge is 0.338 e. The van der Waals surface area contributed by atoms with Gasteiger partial charge in [0.05, 0.1) is 16.1 Å². The van der Waals surface area contributed by atoms with Crippen LogP contribution >= 0.6 is 11.3 Å². The second kappa shape index (κ2) is 6.69. The fourth-order valence-corrected chi connectivity index (χ4v) is 5.07. The van der Waals surface area contributed by atoms with Gasteiger partial charge in [-0.2, -0.15) is 0 Å². The van der Waals surface area contributed by atoms with Crippen LogP contribution in [0.3, 0.4) is 0 Å². The monoisotopic (exact) mass is 354 g/mol. The van der Waals surface area contributed by atoms with Gasteiger partial charge in [0, 0.05) is 56.4 Å². The Hall–Kier alpha value is -2.05. The summed E-state index contributed by atoms with van der Waals surface area (Å²) in [5.74, 6) is 0.426. The number of rotatable bonds is 5. The maximum Gasteiger partial charge on any atom is 0.231 e. The SMILES string of the molecule is C=CCN1CC[C@@]2(CN(Cc3ccccn3)C[C@@H]2c2nccs2)C1=O. The lowest BCUT2D eigenvalue weighted by atomic mass is 9.77. The van der Waals surface area contributed by atoms with Crippen LogP contribution in [0, 0.1) is 5.41 Å². The van der Waals surface area contributed by atoms with Crippen molar-refractivity contribution in [1.82, 2.24) is 19.8 Å². The van der Waals surface area contributed by atoms with Gasteiger partial charge in [-0.3, -0.25) is 14.7 Å². The highest BCUT2D eigenvalue weighted by molar-refractivity contribution is 7.09. The Balaban J connectivity index is 1.62. The average Bonchev–Trinajstić information content (AvgIpc) is 3.33. The minimum absolute atomic E-state index is 0.165. The standard InChI is InChI=1S/C19H22N4OS/c1-2-9-23-10-6-19(18(23)24)14-22(12-15-5-3-4-7-20-15)13-16(19)17-21-8-11-25-17/h2-5,7-8,11,16H,1,6,9-10,12-14H2/t16-,19+/m1/s1. The molecule has 4 heterocycles. The van der Waals surface area contributed by atoms with E-state index in [1.807, 2.05) is 46.9 Å². The molecule has 2 saturated heterocycles. The van der Waals surface area contributed by atoms with Gasteiger partial charge in [0.2, 0.25) is 5.91 Å². The lowest BCUT2D eigenvalue weighted by Gasteiger charge is -2.27. The first-order valence-corrected chi connectivity index (χ1v) is 9.53. The Labute approximate surface area is 152 Å². The minimum Gasteiger partial charge on any atom is -0.338 e. The molecule has 2 aromatic heterocycles. The van der Waals surface area contributed by atoms with E-state index in [4.69, 9.17) is 0 Å². The molecule has 0 radical (unpaired) electrons. The van der Waals surface area contributed by atoms with Crippen LogP contribution in [0.25, 0.3) is 0 Å². The van der Waals surface area contributed by atoms with Crippen LogP contribution in [0.5, 0.6) is 0 Å². The molecule has 1 spiro atoms. The predicted molar refractivity (Wildman–Crippen MR) is 98.2 cm³/mol. The molecule has 25 heavy (non-hydrogen) atoms. The van der Waals surface area contributed by atoms with Crippen LogP contribution in [0.2, 0.25) is 0 Å². The number of carbonyl (C=O) groups is 1. The number of pyridine rings is 1. The number of likely N-dealkylation sites (tertiary alicyclic amines) is 2. The van der Waals surface area contributed by atoms with E-state index in [9.17, 15) is 4.79 Å². The van der Waals surface area contributed by atoms with Crippen molar-refractivity contribution in [2.75, 3.05) is 26.2 Å². The normalized spacial score (nSPS) is 26.6. The van der Waals surface area contributed by atoms with Crippen molar-refractivity contribution in [2.45, 2.75) is 18.9 Å². The third-order valence-corrected chi connectivity index (χ3v) is 6.25. The molecule has 0 N–H and O–H groups in total. The molecule has 4 rings (SSSR count). The lowest BCUT2D eigenvalue weighted by Crippen LogP contribution is -2.39. The van der Waals surface area contributed by atoms with Crippen molar-refractivity contribution < 1.29 is 4.79 Å². The summed E-state index contributed by atoms with van der Waals surface area (Å²) in [6, 6.07) is 5.99. The molecule has 5 nitrogen and oxygen atoms in total. The molecule has 0 aromatic carbocycles. The molecule has 130 valence electrons. The number of nitrogens with zero attached hydrogens (tertiary/aromatic N) is 4. The van der Waals surface area contributed by atoms with E-state index in [0.717, 1.165) is 43.3 Å². The first-order valence-electron chi connectivity index (χ1n) is 8.65. The van der Waals surface area contributed by atoms with Gasteiger partial charge in [-0.15, -0.1) is 17.9 Å². The maximum atomic E-state index is 13.2. The summed E-state index contributed by atoms with van der Waals surface area (Å²) < 4.78 is 0. The molecule has 2 atom stereocenters. The van der Waals surface area contributed by atoms with Gasteiger partial charge in [-0.1, -0.05) is 12.1 Å². The van der Waals surface area contributed by atoms with Crippen LogP contribution in [-0.2, 0) is 11.3 Å². The van der Waals surface area contributed by atoms with Crippen molar-refractivity contribution in [3.8, 4) is 0 Å². The summed E-state index contributed by atoms with van der Waals surface area (Å²) in [7, 11) is 0. The minimum atomic E-state index is -0.352. The van der Waals surface area contributed by atoms with Crippen molar-refractivity contribution >= 4 is 17.2 Å². The quantitative estimate of drug-likeness (QED) is 0.774. The zero-order chi connectivity index (χ0) is 17.3. The highest BCUT2D eigenvalue weighted by Crippen LogP contribution is 2.50. The van der Waals surface area contributed by atoms with Gasteiger partial charge < -0.3 is 4.90 Å². The molecule has 2 fully saturated rings. The molecular formula is C19H22N4OS. The maximum absolute atomic E-state index is 13.2. The van der Waals surface area contributed by atoms with E-state index in [1.54, 1.807) is 11.3 Å². The number of carbonyl (C=O) groups excluding carboxylic acids is 1. The second-order valence-corrected chi connectivity index (χ2v) is 7.79. The van der Waals surface area contributed by atoms with Crippen LogP contribution in [0.4, 0.5) is 0 Å². The Kier molecular flexibility index (Phi) is 4.39. The Bertz CT molecular complexity index is 748. The van der Waals surface area contributed by atoms with Crippen molar-refractivity contribution in [3.63, 3.8) is 0 Å². The summed E-state index contributed by atoms with van der Waals surface area (Å²) in [6.45, 7) is 7.64. The zero-order valence-electron chi connectivity index (χ0n) is 14.2. The smallest absolute Gasteiger partial charge is 0.231 e. The Morgan fingerprint density at radius 1 is 1.36 bits per heavy atom. The second-order valence-electron chi connectivity index (χ2n) is 6.86. The molecule has 2 aliphatic heterocycles. The Morgan fingerprint density at radius 2 is 2.28 bits per heavy atom. The first-order chi connectivity index (χ1) is 12.2. The van der Waals surface area contributed by atoms with Gasteiger partial charge >= 0.3 is 0 Å². The van der Waals surface area contributed by atoms with E-state index in [1.165, 1.54) is 0 Å². The highest BCUT2D eigenvalue weighted by atomic mass is 32.1. The number of amides is 1. The third-order valence-electron chi connectivity index (χ3n) is 5.37. The molecular weight excluding hydrogens is 332 g/mol. The number of hydrogen-bond acceptors (Lipinski definition) is 5. The van der Waals surface area contributed by atoms with E-state index in [2.05, 4.69) is 21.4 Å². The van der Waals surface area contributed by atoms with Gasteiger partial charge in [0.25, 0.3) is 0 Å². The van der Waals surface area contributed by atoms with Crippen LogP contribution in [-0.4, -0.2) is 51.9 Å². The molecule has 0 unspecified atom stereocenters. The van der Waals surface area contributed by atoms with Crippen LogP contribution in [0.15, 0.2) is 48.6 Å². The van der Waals surface area contributed by atoms with Gasteiger partial charge in [-0.25, -0.2) is 4.98 Å². The molecule has 0 saturated carbocycles. The fraction of sp³-hybridized carbons (Fsp3) is 0.421. The zero-order valence-corrected chi connectivity index (χ0v) is 15.0. The van der Waals surface area contributed by atoms with E-state index >= 15 is 0 Å². The van der Waals surface area contributed by atoms with Crippen molar-refractivity contribution in [2.24, 2.45) is 5.41 Å². The summed E-state index contributed by atoms with van der Waals surface area (Å²) in [4.78, 5) is 26.5. The van der Waals surface area contributed by atoms with Gasteiger partial charge in [0.15, 0.2) is 0 Å². The van der Waals surface area contributed by atoms with Crippen LogP contribution < -0.4 is 0 Å². The fourth-order valence-electron chi connectivity index (χ4n) is 4.23. The highest BCUT2D eigenvalue weighted by Gasteiger charge is 2.57. The lowest BCUT2D eigenvalue weighted by molar-refractivity contribution is -0.135. The van der Waals surface area contributed by atoms with Crippen LogP contribution in [0.1, 0.15) is 23.0 Å². The predicted octanol–water partition coefficient (Wildman–Crippen LogP) is 2.54. The molecule has 2 aliphatic rings. The van der Waals surface area contributed by atoms with Crippen molar-refractivity contribution in [1.29, 1.82) is 0 Å².